The summed E-state index contributed by atoms with van der Waals surface area (Å²) in [5.41, 5.74) is 10.8. The third-order valence-electron chi connectivity index (χ3n) is 4.08. The fourth-order valence-corrected chi connectivity index (χ4v) is 2.69. The van der Waals surface area contributed by atoms with E-state index in [0.717, 1.165) is 19.3 Å². The summed E-state index contributed by atoms with van der Waals surface area (Å²) in [7, 11) is 0. The van der Waals surface area contributed by atoms with Gasteiger partial charge in [-0.2, -0.15) is 0 Å². The van der Waals surface area contributed by atoms with Gasteiger partial charge in [-0.05, 0) is 12.8 Å². The summed E-state index contributed by atoms with van der Waals surface area (Å²) in [5, 5.41) is 0. The molecule has 0 fully saturated rings. The van der Waals surface area contributed by atoms with E-state index in [1.54, 1.807) is 0 Å². The smallest absolute Gasteiger partial charge is 0.269 e. The number of carbonyl (C=O) groups excluding carboxylic acids is 2. The lowest BCUT2D eigenvalue weighted by atomic mass is 10.1. The number of rotatable bonds is 13. The highest BCUT2D eigenvalue weighted by Crippen LogP contribution is 2.12. The number of amides is 2. The van der Waals surface area contributed by atoms with Crippen LogP contribution in [-0.2, 0) is 6.42 Å². The topological polar surface area (TPSA) is 112 Å². The van der Waals surface area contributed by atoms with Gasteiger partial charge >= 0.3 is 0 Å². The summed E-state index contributed by atoms with van der Waals surface area (Å²) in [6.07, 6.45) is 14.8. The van der Waals surface area contributed by atoms with Crippen molar-refractivity contribution in [3.05, 3.63) is 23.3 Å². The van der Waals surface area contributed by atoms with Crippen molar-refractivity contribution in [3.63, 3.8) is 0 Å². The molecule has 0 saturated carbocycles. The van der Waals surface area contributed by atoms with Crippen LogP contribution in [-0.4, -0.2) is 21.8 Å². The number of aromatic nitrogens is 2. The molecule has 0 aromatic carbocycles. The Balaban J connectivity index is 2.25. The third-order valence-corrected chi connectivity index (χ3v) is 4.08. The molecule has 2 amide bonds. The minimum absolute atomic E-state index is 0.132. The van der Waals surface area contributed by atoms with Crippen molar-refractivity contribution < 1.29 is 9.59 Å². The first-order valence-electron chi connectivity index (χ1n) is 9.01. The second kappa shape index (κ2) is 11.5. The average Bonchev–Trinajstić information content (AvgIpc) is 2.56. The van der Waals surface area contributed by atoms with E-state index in [1.165, 1.54) is 57.6 Å². The fraction of sp³-hybridized carbons (Fsp3) is 0.667. The highest BCUT2D eigenvalue weighted by atomic mass is 16.2. The molecule has 0 aliphatic carbocycles. The predicted molar refractivity (Wildman–Crippen MR) is 94.6 cm³/mol. The zero-order valence-electron chi connectivity index (χ0n) is 14.7. The van der Waals surface area contributed by atoms with E-state index in [0.29, 0.717) is 5.69 Å². The summed E-state index contributed by atoms with van der Waals surface area (Å²) < 4.78 is 0. The Hall–Kier alpha value is -1.98. The molecule has 24 heavy (non-hydrogen) atoms. The van der Waals surface area contributed by atoms with Crippen molar-refractivity contribution in [2.45, 2.75) is 77.6 Å². The Morgan fingerprint density at radius 2 is 1.33 bits per heavy atom. The molecular weight excluding hydrogens is 304 g/mol. The molecule has 0 aliphatic heterocycles. The number of primary amides is 2. The van der Waals surface area contributed by atoms with Crippen molar-refractivity contribution in [2.24, 2.45) is 11.5 Å². The minimum atomic E-state index is -0.790. The van der Waals surface area contributed by atoms with Gasteiger partial charge in [-0.1, -0.05) is 64.7 Å². The maximum Gasteiger partial charge on any atom is 0.269 e. The summed E-state index contributed by atoms with van der Waals surface area (Å²) in [4.78, 5) is 30.6. The number of hydrogen-bond acceptors (Lipinski definition) is 4. The lowest BCUT2D eigenvalue weighted by Crippen LogP contribution is -2.24. The van der Waals surface area contributed by atoms with Crippen molar-refractivity contribution in [1.29, 1.82) is 0 Å². The molecule has 1 aromatic rings. The van der Waals surface area contributed by atoms with Gasteiger partial charge in [0.15, 0.2) is 11.4 Å². The molecule has 1 rings (SSSR count). The van der Waals surface area contributed by atoms with Gasteiger partial charge in [0.1, 0.15) is 0 Å². The van der Waals surface area contributed by atoms with Crippen molar-refractivity contribution >= 4 is 11.8 Å². The average molecular weight is 334 g/mol. The van der Waals surface area contributed by atoms with Crippen LogP contribution in [0.3, 0.4) is 0 Å². The lowest BCUT2D eigenvalue weighted by Gasteiger charge is -2.05. The van der Waals surface area contributed by atoms with Crippen LogP contribution in [0.25, 0.3) is 0 Å². The highest BCUT2D eigenvalue weighted by Gasteiger charge is 2.16. The molecule has 4 N–H and O–H groups in total. The van der Waals surface area contributed by atoms with Crippen LogP contribution in [0.2, 0.25) is 0 Å². The van der Waals surface area contributed by atoms with E-state index in [9.17, 15) is 9.59 Å². The first-order valence-corrected chi connectivity index (χ1v) is 9.01. The van der Waals surface area contributed by atoms with E-state index >= 15 is 0 Å². The van der Waals surface area contributed by atoms with E-state index in [1.807, 2.05) is 0 Å². The van der Waals surface area contributed by atoms with Gasteiger partial charge in [0.2, 0.25) is 0 Å². The highest BCUT2D eigenvalue weighted by molar-refractivity contribution is 6.03. The number of nitrogens with zero attached hydrogens (tertiary/aromatic N) is 2. The second-order valence-corrected chi connectivity index (χ2v) is 6.22. The van der Waals surface area contributed by atoms with Crippen molar-refractivity contribution in [2.75, 3.05) is 0 Å². The Labute approximate surface area is 144 Å². The molecule has 0 atom stereocenters. The van der Waals surface area contributed by atoms with Crippen LogP contribution in [0.4, 0.5) is 0 Å². The quantitative estimate of drug-likeness (QED) is 0.539. The zero-order chi connectivity index (χ0) is 17.8. The molecule has 6 nitrogen and oxygen atoms in total. The first-order chi connectivity index (χ1) is 11.6. The van der Waals surface area contributed by atoms with Crippen molar-refractivity contribution in [1.82, 2.24) is 9.97 Å². The van der Waals surface area contributed by atoms with Gasteiger partial charge in [-0.15, -0.1) is 0 Å². The van der Waals surface area contributed by atoms with Crippen LogP contribution in [0.15, 0.2) is 6.20 Å². The summed E-state index contributed by atoms with van der Waals surface area (Å²) in [5.74, 6) is -1.57. The number of aryl methyl sites for hydroxylation is 1. The molecule has 0 unspecified atom stereocenters. The third kappa shape index (κ3) is 7.53. The molecule has 0 saturated heterocycles. The number of nitrogens with two attached hydrogens (primary N) is 2. The maximum absolute atomic E-state index is 11.3. The van der Waals surface area contributed by atoms with Crippen molar-refractivity contribution in [3.8, 4) is 0 Å². The standard InChI is InChI=1S/C18H30N4O2/c1-2-3-4-5-6-7-8-9-10-11-12-14-13-21-15(17(19)23)16(22-14)18(20)24/h13H,2-12H2,1H3,(H2,19,23)(H2,20,24). The normalized spacial score (nSPS) is 10.7. The van der Waals surface area contributed by atoms with Gasteiger partial charge in [0.05, 0.1) is 5.69 Å². The number of hydrogen-bond donors (Lipinski definition) is 2. The molecule has 0 spiro atoms. The van der Waals surface area contributed by atoms with Gasteiger partial charge in [-0.25, -0.2) is 9.97 Å². The van der Waals surface area contributed by atoms with Gasteiger partial charge in [0.25, 0.3) is 11.8 Å². The minimum Gasteiger partial charge on any atom is -0.364 e. The Morgan fingerprint density at radius 3 is 1.83 bits per heavy atom. The Kier molecular flexibility index (Phi) is 9.65. The molecule has 0 radical (unpaired) electrons. The molecule has 1 aromatic heterocycles. The fourth-order valence-electron chi connectivity index (χ4n) is 2.69. The SMILES string of the molecule is CCCCCCCCCCCCc1cnc(C(N)=O)c(C(N)=O)n1. The van der Waals surface area contributed by atoms with E-state index in [-0.39, 0.29) is 11.4 Å². The molecule has 1 heterocycles. The molecule has 6 heteroatoms. The first kappa shape index (κ1) is 20.1. The molecular formula is C18H30N4O2. The van der Waals surface area contributed by atoms with Gasteiger partial charge < -0.3 is 11.5 Å². The summed E-state index contributed by atoms with van der Waals surface area (Å²) in [6, 6.07) is 0. The predicted octanol–water partition coefficient (Wildman–Crippen LogP) is 3.14. The molecule has 0 aliphatic rings. The summed E-state index contributed by atoms with van der Waals surface area (Å²) in [6.45, 7) is 2.23. The second-order valence-electron chi connectivity index (χ2n) is 6.22. The van der Waals surface area contributed by atoms with Gasteiger partial charge in [-0.3, -0.25) is 9.59 Å². The Bertz CT molecular complexity index is 532. The van der Waals surface area contributed by atoms with Crippen LogP contribution >= 0.6 is 0 Å². The van der Waals surface area contributed by atoms with E-state index < -0.39 is 11.8 Å². The maximum atomic E-state index is 11.3. The van der Waals surface area contributed by atoms with Crippen LogP contribution in [0, 0.1) is 0 Å². The molecule has 0 bridgehead atoms. The number of carbonyl (C=O) groups is 2. The number of unbranched alkanes of at least 4 members (excludes halogenated alkanes) is 9. The van der Waals surface area contributed by atoms with E-state index in [4.69, 9.17) is 11.5 Å². The van der Waals surface area contributed by atoms with Crippen LogP contribution < -0.4 is 11.5 Å². The monoisotopic (exact) mass is 334 g/mol. The molecule has 134 valence electrons. The van der Waals surface area contributed by atoms with Crippen LogP contribution in [0.1, 0.15) is 97.8 Å². The van der Waals surface area contributed by atoms with Crippen LogP contribution in [0.5, 0.6) is 0 Å². The summed E-state index contributed by atoms with van der Waals surface area (Å²) >= 11 is 0. The van der Waals surface area contributed by atoms with Gasteiger partial charge in [0, 0.05) is 6.20 Å². The largest absolute Gasteiger partial charge is 0.364 e. The Morgan fingerprint density at radius 1 is 0.833 bits per heavy atom. The van der Waals surface area contributed by atoms with E-state index in [2.05, 4.69) is 16.9 Å². The lowest BCUT2D eigenvalue weighted by molar-refractivity contribution is 0.0959. The zero-order valence-corrected chi connectivity index (χ0v) is 14.7.